The summed E-state index contributed by atoms with van der Waals surface area (Å²) in [6.45, 7) is 3.25. The normalized spacial score (nSPS) is 15.2. The second kappa shape index (κ2) is 5.20. The van der Waals surface area contributed by atoms with Crippen molar-refractivity contribution in [3.8, 4) is 0 Å². The Kier molecular flexibility index (Phi) is 3.64. The summed E-state index contributed by atoms with van der Waals surface area (Å²) >= 11 is 0. The van der Waals surface area contributed by atoms with Crippen LogP contribution in [0, 0.1) is 0 Å². The minimum absolute atomic E-state index is 0.131. The molecular formula is C12H17N3O3. The maximum atomic E-state index is 11.8. The zero-order valence-corrected chi connectivity index (χ0v) is 10.7. The van der Waals surface area contributed by atoms with E-state index in [2.05, 4.69) is 5.10 Å². The molecule has 0 spiro atoms. The minimum atomic E-state index is -0.382. The highest BCUT2D eigenvalue weighted by atomic mass is 16.5. The Labute approximate surface area is 106 Å². The maximum Gasteiger partial charge on any atom is 0.341 e. The molecule has 1 aliphatic rings. The molecule has 1 aliphatic heterocycles. The topological polar surface area (TPSA) is 64.4 Å². The van der Waals surface area contributed by atoms with Gasteiger partial charge in [0.2, 0.25) is 5.91 Å². The molecule has 0 aliphatic carbocycles. The molecule has 0 saturated carbocycles. The van der Waals surface area contributed by atoms with E-state index in [4.69, 9.17) is 4.74 Å². The van der Waals surface area contributed by atoms with Crippen molar-refractivity contribution in [3.05, 3.63) is 17.5 Å². The van der Waals surface area contributed by atoms with Gasteiger partial charge in [0.15, 0.2) is 0 Å². The van der Waals surface area contributed by atoms with Crippen molar-refractivity contribution in [1.29, 1.82) is 0 Å². The maximum absolute atomic E-state index is 11.8. The first-order valence-electron chi connectivity index (χ1n) is 6.09. The van der Waals surface area contributed by atoms with Crippen LogP contribution in [0.1, 0.15) is 35.8 Å². The molecule has 1 aromatic rings. The fourth-order valence-corrected chi connectivity index (χ4v) is 2.08. The number of likely N-dealkylation sites (tertiary alicyclic amines) is 1. The first kappa shape index (κ1) is 12.6. The summed E-state index contributed by atoms with van der Waals surface area (Å²) in [5, 5.41) is 4.06. The number of rotatable bonds is 4. The SMILES string of the molecule is CCOC(=O)c1cnn(C)c1CN1CCCC1=O. The van der Waals surface area contributed by atoms with E-state index in [1.54, 1.807) is 23.6 Å². The summed E-state index contributed by atoms with van der Waals surface area (Å²) in [7, 11) is 1.76. The highest BCUT2D eigenvalue weighted by Crippen LogP contribution is 2.17. The van der Waals surface area contributed by atoms with Crippen LogP contribution in [0.3, 0.4) is 0 Å². The van der Waals surface area contributed by atoms with E-state index >= 15 is 0 Å². The van der Waals surface area contributed by atoms with Crippen LogP contribution in [-0.2, 0) is 23.1 Å². The van der Waals surface area contributed by atoms with E-state index in [0.29, 0.717) is 25.1 Å². The third-order valence-electron chi connectivity index (χ3n) is 3.07. The van der Waals surface area contributed by atoms with Gasteiger partial charge < -0.3 is 9.64 Å². The summed E-state index contributed by atoms with van der Waals surface area (Å²) in [5.74, 6) is -0.252. The van der Waals surface area contributed by atoms with Crippen LogP contribution in [0.4, 0.5) is 0 Å². The van der Waals surface area contributed by atoms with Crippen molar-refractivity contribution in [2.75, 3.05) is 13.2 Å². The van der Waals surface area contributed by atoms with Gasteiger partial charge in [-0.25, -0.2) is 4.79 Å². The molecule has 1 aromatic heterocycles. The van der Waals surface area contributed by atoms with Crippen molar-refractivity contribution in [1.82, 2.24) is 14.7 Å². The predicted molar refractivity (Wildman–Crippen MR) is 63.8 cm³/mol. The monoisotopic (exact) mass is 251 g/mol. The average Bonchev–Trinajstić information content (AvgIpc) is 2.89. The van der Waals surface area contributed by atoms with Gasteiger partial charge in [-0.3, -0.25) is 9.48 Å². The van der Waals surface area contributed by atoms with Gasteiger partial charge in [0.1, 0.15) is 5.56 Å². The van der Waals surface area contributed by atoms with Crippen LogP contribution < -0.4 is 0 Å². The summed E-state index contributed by atoms with van der Waals surface area (Å²) in [6, 6.07) is 0. The van der Waals surface area contributed by atoms with Gasteiger partial charge >= 0.3 is 5.97 Å². The first-order valence-corrected chi connectivity index (χ1v) is 6.09. The first-order chi connectivity index (χ1) is 8.63. The van der Waals surface area contributed by atoms with E-state index in [0.717, 1.165) is 18.7 Å². The second-order valence-corrected chi connectivity index (χ2v) is 4.27. The molecule has 0 atom stereocenters. The van der Waals surface area contributed by atoms with Crippen LogP contribution >= 0.6 is 0 Å². The van der Waals surface area contributed by atoms with Gasteiger partial charge in [0, 0.05) is 20.0 Å². The number of aromatic nitrogens is 2. The predicted octanol–water partition coefficient (Wildman–Crippen LogP) is 0.719. The Bertz CT molecular complexity index is 467. The van der Waals surface area contributed by atoms with Gasteiger partial charge in [-0.2, -0.15) is 5.10 Å². The van der Waals surface area contributed by atoms with Gasteiger partial charge in [-0.05, 0) is 13.3 Å². The van der Waals surface area contributed by atoms with Gasteiger partial charge in [-0.15, -0.1) is 0 Å². The van der Waals surface area contributed by atoms with Crippen LogP contribution in [0.25, 0.3) is 0 Å². The molecule has 1 fully saturated rings. The molecular weight excluding hydrogens is 234 g/mol. The highest BCUT2D eigenvalue weighted by molar-refractivity contribution is 5.90. The van der Waals surface area contributed by atoms with Crippen molar-refractivity contribution >= 4 is 11.9 Å². The lowest BCUT2D eigenvalue weighted by atomic mass is 10.2. The van der Waals surface area contributed by atoms with Crippen LogP contribution in [0.2, 0.25) is 0 Å². The Morgan fingerprint density at radius 1 is 1.56 bits per heavy atom. The molecule has 0 bridgehead atoms. The van der Waals surface area contributed by atoms with Crippen LogP contribution in [-0.4, -0.2) is 39.7 Å². The quantitative estimate of drug-likeness (QED) is 0.740. The number of aryl methyl sites for hydroxylation is 1. The zero-order chi connectivity index (χ0) is 13.1. The number of hydrogen-bond donors (Lipinski definition) is 0. The van der Waals surface area contributed by atoms with Crippen molar-refractivity contribution in [2.24, 2.45) is 7.05 Å². The molecule has 6 heteroatoms. The van der Waals surface area contributed by atoms with E-state index in [1.807, 2.05) is 0 Å². The molecule has 2 heterocycles. The highest BCUT2D eigenvalue weighted by Gasteiger charge is 2.25. The lowest BCUT2D eigenvalue weighted by Crippen LogP contribution is -2.26. The molecule has 0 unspecified atom stereocenters. The van der Waals surface area contributed by atoms with Crippen LogP contribution in [0.15, 0.2) is 6.20 Å². The van der Waals surface area contributed by atoms with E-state index in [1.165, 1.54) is 6.20 Å². The largest absolute Gasteiger partial charge is 0.462 e. The van der Waals surface area contributed by atoms with E-state index in [9.17, 15) is 9.59 Å². The summed E-state index contributed by atoms with van der Waals surface area (Å²) in [6.07, 6.45) is 2.96. The zero-order valence-electron chi connectivity index (χ0n) is 10.7. The molecule has 0 N–H and O–H groups in total. The lowest BCUT2D eigenvalue weighted by Gasteiger charge is -2.16. The molecule has 6 nitrogen and oxygen atoms in total. The molecule has 18 heavy (non-hydrogen) atoms. The summed E-state index contributed by atoms with van der Waals surface area (Å²) in [5.41, 5.74) is 1.17. The Morgan fingerprint density at radius 2 is 2.33 bits per heavy atom. The number of hydrogen-bond acceptors (Lipinski definition) is 4. The third-order valence-corrected chi connectivity index (χ3v) is 3.07. The standard InChI is InChI=1S/C12H17N3O3/c1-3-18-12(17)9-7-13-14(2)10(9)8-15-6-4-5-11(15)16/h7H,3-6,8H2,1-2H3. The van der Waals surface area contributed by atoms with Gasteiger partial charge in [-0.1, -0.05) is 0 Å². The summed E-state index contributed by atoms with van der Waals surface area (Å²) in [4.78, 5) is 25.1. The molecule has 98 valence electrons. The number of carbonyl (C=O) groups is 2. The summed E-state index contributed by atoms with van der Waals surface area (Å²) < 4.78 is 6.60. The van der Waals surface area contributed by atoms with Crippen molar-refractivity contribution < 1.29 is 14.3 Å². The third kappa shape index (κ3) is 2.37. The Morgan fingerprint density at radius 3 is 2.94 bits per heavy atom. The molecule has 1 saturated heterocycles. The van der Waals surface area contributed by atoms with Gasteiger partial charge in [0.25, 0.3) is 0 Å². The Balaban J connectivity index is 2.18. The van der Waals surface area contributed by atoms with E-state index in [-0.39, 0.29) is 11.9 Å². The molecule has 0 radical (unpaired) electrons. The average molecular weight is 251 g/mol. The lowest BCUT2D eigenvalue weighted by molar-refractivity contribution is -0.128. The number of amides is 1. The smallest absolute Gasteiger partial charge is 0.341 e. The van der Waals surface area contributed by atoms with E-state index < -0.39 is 0 Å². The van der Waals surface area contributed by atoms with Gasteiger partial charge in [0.05, 0.1) is 25.0 Å². The van der Waals surface area contributed by atoms with Crippen molar-refractivity contribution in [3.63, 3.8) is 0 Å². The Hall–Kier alpha value is -1.85. The fourth-order valence-electron chi connectivity index (χ4n) is 2.08. The fraction of sp³-hybridized carbons (Fsp3) is 0.583. The van der Waals surface area contributed by atoms with Crippen molar-refractivity contribution in [2.45, 2.75) is 26.3 Å². The number of esters is 1. The number of carbonyl (C=O) groups excluding carboxylic acids is 2. The number of nitrogens with zero attached hydrogens (tertiary/aromatic N) is 3. The minimum Gasteiger partial charge on any atom is -0.462 e. The molecule has 0 aromatic carbocycles. The molecule has 2 rings (SSSR count). The molecule has 1 amide bonds. The number of ether oxygens (including phenoxy) is 1. The second-order valence-electron chi connectivity index (χ2n) is 4.27. The van der Waals surface area contributed by atoms with Crippen LogP contribution in [0.5, 0.6) is 0 Å².